The van der Waals surface area contributed by atoms with Crippen molar-refractivity contribution in [1.82, 2.24) is 4.90 Å². The summed E-state index contributed by atoms with van der Waals surface area (Å²) in [5.74, 6) is -0.109. The quantitative estimate of drug-likeness (QED) is 0.547. The van der Waals surface area contributed by atoms with Crippen molar-refractivity contribution in [2.75, 3.05) is 7.05 Å². The minimum atomic E-state index is -0.109. The van der Waals surface area contributed by atoms with Crippen LogP contribution in [0.1, 0.15) is 15.9 Å². The summed E-state index contributed by atoms with van der Waals surface area (Å²) in [6, 6.07) is 21.4. The first-order valence-electron chi connectivity index (χ1n) is 7.72. The molecule has 0 atom stereocenters. The Morgan fingerprint density at radius 2 is 1.50 bits per heavy atom. The van der Waals surface area contributed by atoms with Gasteiger partial charge in [-0.1, -0.05) is 54.6 Å². The maximum absolute atomic E-state index is 12.4. The van der Waals surface area contributed by atoms with E-state index in [9.17, 15) is 10.0 Å². The molecule has 1 heterocycles. The molecule has 120 valence electrons. The molecule has 3 rings (SSSR count). The zero-order chi connectivity index (χ0) is 16.9. The van der Waals surface area contributed by atoms with Crippen LogP contribution in [0.2, 0.25) is 0 Å². The number of rotatable bonds is 4. The van der Waals surface area contributed by atoms with E-state index in [0.717, 1.165) is 11.1 Å². The van der Waals surface area contributed by atoms with Gasteiger partial charge in [0.25, 0.3) is 5.91 Å². The minimum absolute atomic E-state index is 0.109. The Bertz CT molecular complexity index is 813. The molecule has 0 spiro atoms. The summed E-state index contributed by atoms with van der Waals surface area (Å²) < 4.78 is 0.666. The maximum Gasteiger partial charge on any atom is 0.254 e. The zero-order valence-corrected chi connectivity index (χ0v) is 13.4. The highest BCUT2D eigenvalue weighted by Crippen LogP contribution is 2.19. The van der Waals surface area contributed by atoms with Crippen LogP contribution in [-0.4, -0.2) is 17.9 Å². The first-order chi connectivity index (χ1) is 11.6. The molecular formula is C20H18N2O2. The number of pyridine rings is 1. The number of nitrogens with zero attached hydrogens (tertiary/aromatic N) is 2. The van der Waals surface area contributed by atoms with Gasteiger partial charge in [0, 0.05) is 25.7 Å². The molecule has 0 aliphatic rings. The van der Waals surface area contributed by atoms with Gasteiger partial charge < -0.3 is 10.1 Å². The van der Waals surface area contributed by atoms with E-state index >= 15 is 0 Å². The van der Waals surface area contributed by atoms with Gasteiger partial charge in [0.2, 0.25) is 0 Å². The molecule has 24 heavy (non-hydrogen) atoms. The van der Waals surface area contributed by atoms with Gasteiger partial charge in [-0.2, -0.15) is 4.73 Å². The number of hydrogen-bond donors (Lipinski definition) is 0. The van der Waals surface area contributed by atoms with Gasteiger partial charge in [-0.25, -0.2) is 0 Å². The number of carbonyl (C=O) groups is 1. The van der Waals surface area contributed by atoms with Crippen molar-refractivity contribution >= 4 is 5.91 Å². The van der Waals surface area contributed by atoms with E-state index in [1.165, 1.54) is 30.1 Å². The van der Waals surface area contributed by atoms with Crippen molar-refractivity contribution in [3.63, 3.8) is 0 Å². The predicted octanol–water partition coefficient (Wildman–Crippen LogP) is 3.26. The van der Waals surface area contributed by atoms with Crippen LogP contribution in [0.25, 0.3) is 11.1 Å². The third-order valence-corrected chi connectivity index (χ3v) is 3.88. The molecule has 0 fully saturated rings. The van der Waals surface area contributed by atoms with Crippen molar-refractivity contribution < 1.29 is 9.52 Å². The van der Waals surface area contributed by atoms with Gasteiger partial charge in [0.05, 0.1) is 5.56 Å². The van der Waals surface area contributed by atoms with Crippen molar-refractivity contribution in [2.24, 2.45) is 0 Å². The van der Waals surface area contributed by atoms with Crippen LogP contribution in [0, 0.1) is 5.21 Å². The van der Waals surface area contributed by atoms with Crippen LogP contribution in [0.3, 0.4) is 0 Å². The van der Waals surface area contributed by atoms with Gasteiger partial charge in [-0.05, 0) is 16.7 Å². The highest BCUT2D eigenvalue weighted by atomic mass is 16.5. The second-order valence-electron chi connectivity index (χ2n) is 5.67. The van der Waals surface area contributed by atoms with Gasteiger partial charge in [-0.3, -0.25) is 4.79 Å². The molecule has 1 aromatic heterocycles. The second-order valence-corrected chi connectivity index (χ2v) is 5.67. The van der Waals surface area contributed by atoms with E-state index in [1.54, 1.807) is 11.9 Å². The second kappa shape index (κ2) is 6.96. The average molecular weight is 318 g/mol. The molecular weight excluding hydrogens is 300 g/mol. The number of amides is 1. The SMILES string of the molecule is CN(Cc1ccc(-c2ccccc2)cc1)C(=O)c1cc[n+]([O-])cc1. The van der Waals surface area contributed by atoms with Crippen LogP contribution in [-0.2, 0) is 6.54 Å². The Morgan fingerprint density at radius 1 is 0.917 bits per heavy atom. The first-order valence-corrected chi connectivity index (χ1v) is 7.72. The topological polar surface area (TPSA) is 47.2 Å². The standard InChI is InChI=1S/C20H18N2O2/c1-21(20(23)19-11-13-22(24)14-12-19)15-16-7-9-18(10-8-16)17-5-3-2-4-6-17/h2-14H,15H2,1H3. The summed E-state index contributed by atoms with van der Waals surface area (Å²) >= 11 is 0. The Morgan fingerprint density at radius 3 is 2.12 bits per heavy atom. The molecule has 0 N–H and O–H groups in total. The molecule has 0 saturated heterocycles. The fourth-order valence-corrected chi connectivity index (χ4v) is 2.55. The normalized spacial score (nSPS) is 10.4. The highest BCUT2D eigenvalue weighted by Gasteiger charge is 2.13. The monoisotopic (exact) mass is 318 g/mol. The lowest BCUT2D eigenvalue weighted by molar-refractivity contribution is -0.605. The van der Waals surface area contributed by atoms with E-state index in [1.807, 2.05) is 30.3 Å². The van der Waals surface area contributed by atoms with Crippen LogP contribution >= 0.6 is 0 Å². The van der Waals surface area contributed by atoms with Crippen LogP contribution in [0.4, 0.5) is 0 Å². The lowest BCUT2D eigenvalue weighted by Crippen LogP contribution is -2.29. The number of benzene rings is 2. The Hall–Kier alpha value is -3.14. The number of carbonyl (C=O) groups excluding carboxylic acids is 1. The fraction of sp³-hybridized carbons (Fsp3) is 0.100. The van der Waals surface area contributed by atoms with Gasteiger partial charge in [-0.15, -0.1) is 0 Å². The largest absolute Gasteiger partial charge is 0.619 e. The molecule has 0 aliphatic heterocycles. The number of hydrogen-bond acceptors (Lipinski definition) is 2. The minimum Gasteiger partial charge on any atom is -0.619 e. The smallest absolute Gasteiger partial charge is 0.254 e. The van der Waals surface area contributed by atoms with E-state index in [-0.39, 0.29) is 5.91 Å². The third-order valence-electron chi connectivity index (χ3n) is 3.88. The third kappa shape index (κ3) is 3.60. The lowest BCUT2D eigenvalue weighted by Gasteiger charge is -2.17. The first kappa shape index (κ1) is 15.7. The lowest BCUT2D eigenvalue weighted by atomic mass is 10.0. The molecule has 0 unspecified atom stereocenters. The number of aromatic nitrogens is 1. The molecule has 4 nitrogen and oxygen atoms in total. The molecule has 3 aromatic rings. The summed E-state index contributed by atoms with van der Waals surface area (Å²) in [4.78, 5) is 14.0. The average Bonchev–Trinajstić information content (AvgIpc) is 2.63. The summed E-state index contributed by atoms with van der Waals surface area (Å²) in [5, 5.41) is 11.0. The molecule has 1 amide bonds. The van der Waals surface area contributed by atoms with Gasteiger partial charge >= 0.3 is 0 Å². The van der Waals surface area contributed by atoms with E-state index in [0.29, 0.717) is 16.8 Å². The van der Waals surface area contributed by atoms with Crippen molar-refractivity contribution in [3.8, 4) is 11.1 Å². The zero-order valence-electron chi connectivity index (χ0n) is 13.4. The van der Waals surface area contributed by atoms with Gasteiger partial charge in [0.1, 0.15) is 0 Å². The molecule has 0 radical (unpaired) electrons. The molecule has 0 bridgehead atoms. The van der Waals surface area contributed by atoms with Crippen LogP contribution in [0.15, 0.2) is 79.1 Å². The van der Waals surface area contributed by atoms with Crippen LogP contribution in [0.5, 0.6) is 0 Å². The Labute approximate surface area is 141 Å². The van der Waals surface area contributed by atoms with Crippen molar-refractivity contribution in [3.05, 3.63) is 95.5 Å². The highest BCUT2D eigenvalue weighted by molar-refractivity contribution is 5.93. The van der Waals surface area contributed by atoms with Gasteiger partial charge in [0.15, 0.2) is 12.4 Å². The summed E-state index contributed by atoms with van der Waals surface area (Å²) in [6.45, 7) is 0.514. The van der Waals surface area contributed by atoms with Crippen molar-refractivity contribution in [2.45, 2.75) is 6.54 Å². The van der Waals surface area contributed by atoms with Crippen LogP contribution < -0.4 is 4.73 Å². The molecule has 0 saturated carbocycles. The van der Waals surface area contributed by atoms with E-state index in [4.69, 9.17) is 0 Å². The summed E-state index contributed by atoms with van der Waals surface area (Å²) in [6.07, 6.45) is 2.66. The Balaban J connectivity index is 1.69. The fourth-order valence-electron chi connectivity index (χ4n) is 2.55. The molecule has 0 aliphatic carbocycles. The van der Waals surface area contributed by atoms with Crippen molar-refractivity contribution in [1.29, 1.82) is 0 Å². The molecule has 4 heteroatoms. The van der Waals surface area contributed by atoms with E-state index < -0.39 is 0 Å². The summed E-state index contributed by atoms with van der Waals surface area (Å²) in [7, 11) is 1.76. The Kier molecular flexibility index (Phi) is 4.57. The molecule has 2 aromatic carbocycles. The maximum atomic E-state index is 12.4. The predicted molar refractivity (Wildman–Crippen MR) is 93.1 cm³/mol. The summed E-state index contributed by atoms with van der Waals surface area (Å²) in [5.41, 5.74) is 3.88. The van der Waals surface area contributed by atoms with E-state index in [2.05, 4.69) is 24.3 Å².